The summed E-state index contributed by atoms with van der Waals surface area (Å²) in [5.74, 6) is 0. The molecule has 0 fully saturated rings. The molecule has 3 nitrogen and oxygen atoms in total. The summed E-state index contributed by atoms with van der Waals surface area (Å²) in [6, 6.07) is 88.0. The topological polar surface area (TPSA) is 10.9 Å². The Morgan fingerprint density at radius 3 is 1.40 bits per heavy atom. The first-order valence-corrected chi connectivity index (χ1v) is 28.6. The monoisotopic (exact) mass is 1030 g/mol. The molecule has 388 valence electrons. The molecule has 1 spiro atoms. The molecule has 0 amide bonds. The van der Waals surface area contributed by atoms with Crippen molar-refractivity contribution in [1.82, 2.24) is 4.40 Å². The van der Waals surface area contributed by atoms with E-state index in [9.17, 15) is 0 Å². The Hall–Kier alpha value is -8.92. The van der Waals surface area contributed by atoms with E-state index in [0.29, 0.717) is 0 Å². The highest BCUT2D eigenvalue weighted by molar-refractivity contribution is 6.28. The fourth-order valence-corrected chi connectivity index (χ4v) is 13.9. The maximum atomic E-state index is 2.58. The van der Waals surface area contributed by atoms with Gasteiger partial charge in [0.25, 0.3) is 0 Å². The lowest BCUT2D eigenvalue weighted by Gasteiger charge is -2.32. The molecular weight excluding hydrogens is 967 g/mol. The minimum atomic E-state index is -0.549. The van der Waals surface area contributed by atoms with Crippen molar-refractivity contribution in [3.05, 3.63) is 269 Å². The first-order valence-electron chi connectivity index (χ1n) is 28.6. The third-order valence-electron chi connectivity index (χ3n) is 17.9. The maximum Gasteiger partial charge on any atom is 0.0726 e. The summed E-state index contributed by atoms with van der Waals surface area (Å²) < 4.78 is 2.58. The van der Waals surface area contributed by atoms with Crippen LogP contribution in [0.4, 0.5) is 34.1 Å². The van der Waals surface area contributed by atoms with Crippen LogP contribution >= 0.6 is 0 Å². The number of fused-ring (bicyclic) bond motifs is 17. The van der Waals surface area contributed by atoms with Crippen LogP contribution in [0.1, 0.15) is 101 Å². The Labute approximate surface area is 470 Å². The molecule has 0 radical (unpaired) electrons. The summed E-state index contributed by atoms with van der Waals surface area (Å²) in [6.45, 7) is 20.7. The van der Waals surface area contributed by atoms with Gasteiger partial charge in [0.1, 0.15) is 0 Å². The van der Waals surface area contributed by atoms with Gasteiger partial charge >= 0.3 is 0 Å². The number of benzene rings is 11. The number of anilines is 6. The lowest BCUT2D eigenvalue weighted by atomic mass is 9.70. The van der Waals surface area contributed by atoms with Gasteiger partial charge in [0.15, 0.2) is 0 Å². The Bertz CT molecular complexity index is 4570. The van der Waals surface area contributed by atoms with Crippen LogP contribution in [0.25, 0.3) is 71.1 Å². The van der Waals surface area contributed by atoms with Gasteiger partial charge in [-0.15, -0.1) is 0 Å². The Balaban J connectivity index is 0.992. The van der Waals surface area contributed by atoms with Crippen molar-refractivity contribution < 1.29 is 0 Å². The lowest BCUT2D eigenvalue weighted by molar-refractivity contribution is 0.590. The molecule has 2 aliphatic rings. The molecule has 2 heterocycles. The smallest absolute Gasteiger partial charge is 0.0726 e. The van der Waals surface area contributed by atoms with Crippen LogP contribution in [0, 0.1) is 0 Å². The summed E-state index contributed by atoms with van der Waals surface area (Å²) in [4.78, 5) is 4.92. The van der Waals surface area contributed by atoms with Crippen LogP contribution in [0.3, 0.4) is 0 Å². The minimum absolute atomic E-state index is 0.0345. The normalized spacial score (nSPS) is 13.7. The van der Waals surface area contributed by atoms with Crippen LogP contribution in [0.15, 0.2) is 231 Å². The molecule has 2 aliphatic carbocycles. The highest BCUT2D eigenvalue weighted by atomic mass is 15.2. The molecule has 0 aliphatic heterocycles. The van der Waals surface area contributed by atoms with E-state index in [1.807, 2.05) is 0 Å². The molecule has 0 saturated heterocycles. The predicted molar refractivity (Wildman–Crippen MR) is 340 cm³/mol. The van der Waals surface area contributed by atoms with Gasteiger partial charge in [0.05, 0.1) is 27.7 Å². The molecule has 3 heteroatoms. The van der Waals surface area contributed by atoms with E-state index in [1.54, 1.807) is 0 Å². The van der Waals surface area contributed by atoms with Gasteiger partial charge in [-0.25, -0.2) is 0 Å². The zero-order valence-electron chi connectivity index (χ0n) is 47.3. The standard InChI is InChI=1S/C77H65N3/c1-74(2,3)50-28-33-55(34-29-50)78(53-20-12-10-13-21-53)57-37-38-60-62-42-49-45-71-63(43-48(49)44-67(62)77(68(60)47-57)65-26-18-16-24-58(65)59-25-17-19-27-66(59)77)61-39-41-70(72-64-46-52(76(7,8)9)32-40-69(64)80(71)73(61)72)79(54-22-14-11-15-23-54)56-35-30-51(31-36-56)75(4,5)6/h10-47H,1-9H3. The van der Waals surface area contributed by atoms with Crippen molar-refractivity contribution in [3.8, 4) is 22.3 Å². The molecular formula is C77H65N3. The second kappa shape index (κ2) is 17.0. The zero-order chi connectivity index (χ0) is 54.6. The third-order valence-corrected chi connectivity index (χ3v) is 17.9. The number of hydrogen-bond donors (Lipinski definition) is 0. The molecule has 0 N–H and O–H groups in total. The van der Waals surface area contributed by atoms with E-state index in [2.05, 4.69) is 307 Å². The number of para-hydroxylation sites is 2. The fraction of sp³-hybridized carbons (Fsp3) is 0.169. The summed E-state index contributed by atoms with van der Waals surface area (Å²) in [7, 11) is 0. The average Bonchev–Trinajstić information content (AvgIpc) is 4.02. The van der Waals surface area contributed by atoms with Crippen molar-refractivity contribution in [2.45, 2.75) is 84.0 Å². The van der Waals surface area contributed by atoms with Gasteiger partial charge < -0.3 is 14.2 Å². The zero-order valence-corrected chi connectivity index (χ0v) is 47.3. The molecule has 11 aromatic carbocycles. The largest absolute Gasteiger partial charge is 0.310 e. The van der Waals surface area contributed by atoms with E-state index in [4.69, 9.17) is 0 Å². The molecule has 13 aromatic rings. The van der Waals surface area contributed by atoms with Crippen LogP contribution in [-0.2, 0) is 21.7 Å². The quantitative estimate of drug-likeness (QED) is 0.164. The summed E-state index contributed by atoms with van der Waals surface area (Å²) in [5.41, 5.74) is 24.5. The van der Waals surface area contributed by atoms with Crippen LogP contribution in [-0.4, -0.2) is 4.40 Å². The van der Waals surface area contributed by atoms with Gasteiger partial charge in [-0.2, -0.15) is 0 Å². The van der Waals surface area contributed by atoms with Crippen molar-refractivity contribution in [2.75, 3.05) is 9.80 Å². The Morgan fingerprint density at radius 2 is 0.800 bits per heavy atom. The first-order chi connectivity index (χ1) is 38.6. The Kier molecular flexibility index (Phi) is 10.3. The molecule has 0 unspecified atom stereocenters. The van der Waals surface area contributed by atoms with Crippen LogP contribution < -0.4 is 9.80 Å². The molecule has 80 heavy (non-hydrogen) atoms. The molecule has 0 atom stereocenters. The highest BCUT2D eigenvalue weighted by Crippen LogP contribution is 2.64. The molecule has 2 aromatic heterocycles. The van der Waals surface area contributed by atoms with Gasteiger partial charge in [-0.3, -0.25) is 0 Å². The van der Waals surface area contributed by atoms with Crippen LogP contribution in [0.5, 0.6) is 0 Å². The molecule has 15 rings (SSSR count). The molecule has 0 saturated carbocycles. The van der Waals surface area contributed by atoms with Crippen LogP contribution in [0.2, 0.25) is 0 Å². The number of hydrogen-bond acceptors (Lipinski definition) is 2. The summed E-state index contributed by atoms with van der Waals surface area (Å²) in [5, 5.41) is 7.55. The maximum absolute atomic E-state index is 2.58. The van der Waals surface area contributed by atoms with E-state index in [-0.39, 0.29) is 16.2 Å². The Morgan fingerprint density at radius 1 is 0.312 bits per heavy atom. The predicted octanol–water partition coefficient (Wildman–Crippen LogP) is 21.2. The highest BCUT2D eigenvalue weighted by Gasteiger charge is 2.52. The van der Waals surface area contributed by atoms with Gasteiger partial charge in [0, 0.05) is 50.0 Å². The van der Waals surface area contributed by atoms with E-state index in [1.165, 1.54) is 116 Å². The van der Waals surface area contributed by atoms with Crippen molar-refractivity contribution in [2.24, 2.45) is 0 Å². The van der Waals surface area contributed by atoms with E-state index in [0.717, 1.165) is 28.4 Å². The second-order valence-corrected chi connectivity index (χ2v) is 25.8. The van der Waals surface area contributed by atoms with Crippen molar-refractivity contribution in [1.29, 1.82) is 0 Å². The lowest BCUT2D eigenvalue weighted by Crippen LogP contribution is -2.26. The van der Waals surface area contributed by atoms with Gasteiger partial charge in [0.2, 0.25) is 0 Å². The third kappa shape index (κ3) is 6.99. The average molecular weight is 1030 g/mol. The van der Waals surface area contributed by atoms with Gasteiger partial charge in [-0.05, 0) is 191 Å². The van der Waals surface area contributed by atoms with Crippen molar-refractivity contribution in [3.63, 3.8) is 0 Å². The number of aromatic nitrogens is 1. The second-order valence-electron chi connectivity index (χ2n) is 25.8. The fourth-order valence-electron chi connectivity index (χ4n) is 13.9. The van der Waals surface area contributed by atoms with E-state index >= 15 is 0 Å². The minimum Gasteiger partial charge on any atom is -0.310 e. The number of nitrogens with zero attached hydrogens (tertiary/aromatic N) is 3. The van der Waals surface area contributed by atoms with Crippen molar-refractivity contribution >= 4 is 83.0 Å². The summed E-state index contributed by atoms with van der Waals surface area (Å²) in [6.07, 6.45) is 0. The molecule has 0 bridgehead atoms. The first kappa shape index (κ1) is 48.2. The SMILES string of the molecule is CC(C)(C)c1ccc(N(c2ccccc2)c2ccc3c(c2)C2(c4ccccc4-c4ccccc42)c2cc4cc5c6ccc(N(c7ccccc7)c7ccc(C(C)(C)C)cc7)c7c8cc(C(C)(C)C)ccc8n(c5cc4cc2-3)c67)cc1. The number of rotatable bonds is 6. The van der Waals surface area contributed by atoms with Gasteiger partial charge in [-0.1, -0.05) is 190 Å². The summed E-state index contributed by atoms with van der Waals surface area (Å²) >= 11 is 0. The van der Waals surface area contributed by atoms with E-state index < -0.39 is 5.41 Å².